The summed E-state index contributed by atoms with van der Waals surface area (Å²) in [6.45, 7) is 5.22. The molecule has 1 atom stereocenters. The molecule has 0 aromatic heterocycles. The Morgan fingerprint density at radius 1 is 1.29 bits per heavy atom. The van der Waals surface area contributed by atoms with Crippen molar-refractivity contribution < 1.29 is 4.79 Å². The van der Waals surface area contributed by atoms with E-state index in [-0.39, 0.29) is 0 Å². The van der Waals surface area contributed by atoms with E-state index in [1.165, 1.54) is 32.1 Å². The average molecular weight is 197 g/mol. The largest absolute Gasteiger partial charge is 0.340 e. The molecule has 1 unspecified atom stereocenters. The highest BCUT2D eigenvalue weighted by Crippen LogP contribution is 2.22. The van der Waals surface area contributed by atoms with E-state index in [2.05, 4.69) is 18.7 Å². The zero-order chi connectivity index (χ0) is 10.4. The highest BCUT2D eigenvalue weighted by atomic mass is 16.2. The first-order valence-electron chi connectivity index (χ1n) is 6.09. The van der Waals surface area contributed by atoms with Gasteiger partial charge in [-0.1, -0.05) is 32.6 Å². The summed E-state index contributed by atoms with van der Waals surface area (Å²) in [6, 6.07) is 0.560. The van der Waals surface area contributed by atoms with Crippen LogP contribution in [0.5, 0.6) is 0 Å². The van der Waals surface area contributed by atoms with Gasteiger partial charge in [0.15, 0.2) is 0 Å². The maximum Gasteiger partial charge on any atom is 0.222 e. The molecule has 1 amide bonds. The second-order valence-electron chi connectivity index (χ2n) is 4.22. The molecule has 1 aliphatic heterocycles. The lowest BCUT2D eigenvalue weighted by atomic mass is 10.1. The minimum absolute atomic E-state index is 0.369. The first-order valence-corrected chi connectivity index (χ1v) is 6.09. The van der Waals surface area contributed by atoms with Crippen molar-refractivity contribution in [2.45, 2.75) is 64.8 Å². The first kappa shape index (κ1) is 11.5. The van der Waals surface area contributed by atoms with Crippen LogP contribution >= 0.6 is 0 Å². The molecular weight excluding hydrogens is 174 g/mol. The number of carbonyl (C=O) groups is 1. The number of hydrogen-bond acceptors (Lipinski definition) is 1. The quantitative estimate of drug-likeness (QED) is 0.599. The second-order valence-corrected chi connectivity index (χ2v) is 4.22. The van der Waals surface area contributed by atoms with Gasteiger partial charge in [-0.2, -0.15) is 0 Å². The average Bonchev–Trinajstić information content (AvgIpc) is 2.54. The van der Waals surface area contributed by atoms with Gasteiger partial charge in [-0.05, 0) is 19.8 Å². The number of likely N-dealkylation sites (tertiary alicyclic amines) is 1. The Labute approximate surface area is 87.7 Å². The Bertz CT molecular complexity index is 179. The SMILES string of the molecule is CCCCCCC1CCC(=O)N1CC. The number of unbranched alkanes of at least 4 members (excludes halogenated alkanes) is 3. The van der Waals surface area contributed by atoms with Crippen LogP contribution in [-0.4, -0.2) is 23.4 Å². The molecule has 1 fully saturated rings. The van der Waals surface area contributed by atoms with E-state index in [0.717, 1.165) is 19.4 Å². The molecule has 1 rings (SSSR count). The molecule has 2 heteroatoms. The van der Waals surface area contributed by atoms with Crippen LogP contribution in [0.2, 0.25) is 0 Å². The van der Waals surface area contributed by atoms with Gasteiger partial charge in [-0.15, -0.1) is 0 Å². The minimum atomic E-state index is 0.369. The fourth-order valence-corrected chi connectivity index (χ4v) is 2.33. The van der Waals surface area contributed by atoms with Crippen LogP contribution in [-0.2, 0) is 4.79 Å². The van der Waals surface area contributed by atoms with Crippen molar-refractivity contribution in [2.24, 2.45) is 0 Å². The molecule has 0 saturated carbocycles. The summed E-state index contributed by atoms with van der Waals surface area (Å²) >= 11 is 0. The van der Waals surface area contributed by atoms with Crippen LogP contribution in [0.25, 0.3) is 0 Å². The molecule has 0 N–H and O–H groups in total. The van der Waals surface area contributed by atoms with Gasteiger partial charge in [0.05, 0.1) is 0 Å². The minimum Gasteiger partial charge on any atom is -0.340 e. The highest BCUT2D eigenvalue weighted by Gasteiger charge is 2.28. The molecule has 0 radical (unpaired) electrons. The van der Waals surface area contributed by atoms with Crippen LogP contribution in [0.15, 0.2) is 0 Å². The van der Waals surface area contributed by atoms with E-state index in [0.29, 0.717) is 11.9 Å². The summed E-state index contributed by atoms with van der Waals surface area (Å²) in [4.78, 5) is 13.5. The lowest BCUT2D eigenvalue weighted by Crippen LogP contribution is -2.32. The summed E-state index contributed by atoms with van der Waals surface area (Å²) in [5, 5.41) is 0. The van der Waals surface area contributed by atoms with Crippen LogP contribution in [0.1, 0.15) is 58.8 Å². The molecule has 0 aliphatic carbocycles. The zero-order valence-corrected chi connectivity index (χ0v) is 9.59. The van der Waals surface area contributed by atoms with Crippen LogP contribution in [0.3, 0.4) is 0 Å². The van der Waals surface area contributed by atoms with E-state index in [4.69, 9.17) is 0 Å². The molecular formula is C12H23NO. The third kappa shape index (κ3) is 3.00. The topological polar surface area (TPSA) is 20.3 Å². The number of hydrogen-bond donors (Lipinski definition) is 0. The summed E-state index contributed by atoms with van der Waals surface area (Å²) < 4.78 is 0. The molecule has 0 spiro atoms. The van der Waals surface area contributed by atoms with Crippen molar-refractivity contribution in [3.05, 3.63) is 0 Å². The van der Waals surface area contributed by atoms with Crippen molar-refractivity contribution in [1.82, 2.24) is 4.90 Å². The van der Waals surface area contributed by atoms with Gasteiger partial charge in [-0.3, -0.25) is 4.79 Å². The van der Waals surface area contributed by atoms with Crippen LogP contribution in [0, 0.1) is 0 Å². The van der Waals surface area contributed by atoms with E-state index >= 15 is 0 Å². The van der Waals surface area contributed by atoms with Gasteiger partial charge in [0.2, 0.25) is 5.91 Å². The van der Waals surface area contributed by atoms with Gasteiger partial charge in [0, 0.05) is 19.0 Å². The van der Waals surface area contributed by atoms with E-state index in [1.807, 2.05) is 0 Å². The fraction of sp³-hybridized carbons (Fsp3) is 0.917. The molecule has 1 saturated heterocycles. The second kappa shape index (κ2) is 6.05. The third-order valence-electron chi connectivity index (χ3n) is 3.18. The van der Waals surface area contributed by atoms with Gasteiger partial charge < -0.3 is 4.90 Å². The van der Waals surface area contributed by atoms with Gasteiger partial charge in [0.25, 0.3) is 0 Å². The Balaban J connectivity index is 2.20. The summed E-state index contributed by atoms with van der Waals surface area (Å²) in [7, 11) is 0. The molecule has 1 heterocycles. The van der Waals surface area contributed by atoms with Crippen molar-refractivity contribution in [2.75, 3.05) is 6.54 Å². The fourth-order valence-electron chi connectivity index (χ4n) is 2.33. The van der Waals surface area contributed by atoms with Crippen LogP contribution in [0.4, 0.5) is 0 Å². The van der Waals surface area contributed by atoms with E-state index < -0.39 is 0 Å². The lowest BCUT2D eigenvalue weighted by molar-refractivity contribution is -0.128. The summed E-state index contributed by atoms with van der Waals surface area (Å²) in [5.74, 6) is 0.369. The maximum absolute atomic E-state index is 11.4. The predicted octanol–water partition coefficient (Wildman–Crippen LogP) is 2.97. The van der Waals surface area contributed by atoms with Crippen molar-refractivity contribution in [3.63, 3.8) is 0 Å². The Morgan fingerprint density at radius 2 is 2.07 bits per heavy atom. The first-order chi connectivity index (χ1) is 6.79. The monoisotopic (exact) mass is 197 g/mol. The molecule has 1 aliphatic rings. The van der Waals surface area contributed by atoms with Crippen LogP contribution < -0.4 is 0 Å². The standard InChI is InChI=1S/C12H23NO/c1-3-5-6-7-8-11-9-10-12(14)13(11)4-2/h11H,3-10H2,1-2H3. The number of nitrogens with zero attached hydrogens (tertiary/aromatic N) is 1. The van der Waals surface area contributed by atoms with Crippen molar-refractivity contribution >= 4 is 5.91 Å². The maximum atomic E-state index is 11.4. The Morgan fingerprint density at radius 3 is 2.71 bits per heavy atom. The van der Waals surface area contributed by atoms with Gasteiger partial charge >= 0.3 is 0 Å². The number of carbonyl (C=O) groups excluding carboxylic acids is 1. The summed E-state index contributed by atoms with van der Waals surface area (Å²) in [6.07, 6.45) is 8.36. The van der Waals surface area contributed by atoms with E-state index in [1.54, 1.807) is 0 Å². The van der Waals surface area contributed by atoms with Crippen molar-refractivity contribution in [3.8, 4) is 0 Å². The molecule has 0 aromatic carbocycles. The number of rotatable bonds is 6. The third-order valence-corrected chi connectivity index (χ3v) is 3.18. The molecule has 14 heavy (non-hydrogen) atoms. The molecule has 2 nitrogen and oxygen atoms in total. The smallest absolute Gasteiger partial charge is 0.222 e. The predicted molar refractivity (Wildman–Crippen MR) is 59.2 cm³/mol. The number of amides is 1. The zero-order valence-electron chi connectivity index (χ0n) is 9.59. The molecule has 0 aromatic rings. The van der Waals surface area contributed by atoms with Crippen molar-refractivity contribution in [1.29, 1.82) is 0 Å². The molecule has 0 bridgehead atoms. The van der Waals surface area contributed by atoms with Gasteiger partial charge in [0.1, 0.15) is 0 Å². The Hall–Kier alpha value is -0.530. The lowest BCUT2D eigenvalue weighted by Gasteiger charge is -2.22. The van der Waals surface area contributed by atoms with E-state index in [9.17, 15) is 4.79 Å². The Kier molecular flexibility index (Phi) is 4.99. The highest BCUT2D eigenvalue weighted by molar-refractivity contribution is 5.78. The normalized spacial score (nSPS) is 22.0. The van der Waals surface area contributed by atoms with Gasteiger partial charge in [-0.25, -0.2) is 0 Å². The molecule has 82 valence electrons. The summed E-state index contributed by atoms with van der Waals surface area (Å²) in [5.41, 5.74) is 0.